The molecule has 0 aromatic rings. The summed E-state index contributed by atoms with van der Waals surface area (Å²) < 4.78 is 0. The minimum Gasteiger partial charge on any atom is -0.391 e. The van der Waals surface area contributed by atoms with Gasteiger partial charge in [0.1, 0.15) is 0 Å². The smallest absolute Gasteiger partial charge is 0.319 e. The van der Waals surface area contributed by atoms with Gasteiger partial charge in [-0.25, -0.2) is 4.79 Å². The van der Waals surface area contributed by atoms with E-state index in [2.05, 4.69) is 6.92 Å². The molecule has 0 aromatic heterocycles. The third-order valence-electron chi connectivity index (χ3n) is 5.73. The fraction of sp³-hybridized carbons (Fsp3) is 0.882. The maximum Gasteiger partial charge on any atom is 0.319 e. The highest BCUT2D eigenvalue weighted by molar-refractivity contribution is 5.80. The molecule has 0 radical (unpaired) electrons. The molecule has 1 N–H and O–H groups in total. The highest BCUT2D eigenvalue weighted by atomic mass is 16.3. The van der Waals surface area contributed by atoms with E-state index in [-0.39, 0.29) is 29.9 Å². The minimum atomic E-state index is -0.374. The second kappa shape index (κ2) is 7.07. The van der Waals surface area contributed by atoms with Crippen molar-refractivity contribution in [3.63, 3.8) is 0 Å². The van der Waals surface area contributed by atoms with E-state index < -0.39 is 0 Å². The average Bonchev–Trinajstić information content (AvgIpc) is 3.23. The lowest BCUT2D eigenvalue weighted by Gasteiger charge is -2.35. The van der Waals surface area contributed by atoms with Crippen molar-refractivity contribution >= 4 is 11.9 Å². The van der Waals surface area contributed by atoms with Gasteiger partial charge in [-0.3, -0.25) is 4.79 Å². The van der Waals surface area contributed by atoms with Crippen LogP contribution in [0.4, 0.5) is 4.79 Å². The van der Waals surface area contributed by atoms with Crippen molar-refractivity contribution in [1.82, 2.24) is 14.7 Å². The van der Waals surface area contributed by atoms with Crippen LogP contribution in [0.2, 0.25) is 0 Å². The summed E-state index contributed by atoms with van der Waals surface area (Å²) in [5, 5.41) is 9.99. The van der Waals surface area contributed by atoms with Crippen LogP contribution in [0.1, 0.15) is 39.0 Å². The Bertz CT molecular complexity index is 442. The quantitative estimate of drug-likeness (QED) is 0.829. The molecule has 0 unspecified atom stereocenters. The number of hydrogen-bond donors (Lipinski definition) is 1. The SMILES string of the molecule is CC[C@H]1CN(C(=O)C2CCN(C(=O)N3CCCC3)CC2)C[C@H]1O. The van der Waals surface area contributed by atoms with E-state index in [0.29, 0.717) is 26.2 Å². The molecule has 0 bridgehead atoms. The van der Waals surface area contributed by atoms with Gasteiger partial charge < -0.3 is 19.8 Å². The van der Waals surface area contributed by atoms with E-state index in [1.807, 2.05) is 14.7 Å². The first-order chi connectivity index (χ1) is 11.1. The number of carbonyl (C=O) groups excluding carboxylic acids is 2. The van der Waals surface area contributed by atoms with Gasteiger partial charge in [0, 0.05) is 51.1 Å². The summed E-state index contributed by atoms with van der Waals surface area (Å²) in [7, 11) is 0. The van der Waals surface area contributed by atoms with Crippen molar-refractivity contribution in [2.45, 2.75) is 45.1 Å². The van der Waals surface area contributed by atoms with Crippen LogP contribution in [0.15, 0.2) is 0 Å². The lowest BCUT2D eigenvalue weighted by Crippen LogP contribution is -2.48. The molecule has 3 amide bonds. The fourth-order valence-corrected chi connectivity index (χ4v) is 4.12. The van der Waals surface area contributed by atoms with Crippen LogP contribution in [0, 0.1) is 11.8 Å². The van der Waals surface area contributed by atoms with Gasteiger partial charge in [0.15, 0.2) is 0 Å². The third kappa shape index (κ3) is 3.47. The van der Waals surface area contributed by atoms with Crippen molar-refractivity contribution in [3.05, 3.63) is 0 Å². The van der Waals surface area contributed by atoms with Crippen LogP contribution in [-0.4, -0.2) is 77.1 Å². The Morgan fingerprint density at radius 2 is 1.57 bits per heavy atom. The Morgan fingerprint density at radius 1 is 0.957 bits per heavy atom. The van der Waals surface area contributed by atoms with Gasteiger partial charge in [-0.1, -0.05) is 6.92 Å². The van der Waals surface area contributed by atoms with Crippen LogP contribution in [-0.2, 0) is 4.79 Å². The largest absolute Gasteiger partial charge is 0.391 e. The van der Waals surface area contributed by atoms with Gasteiger partial charge in [0.2, 0.25) is 5.91 Å². The predicted molar refractivity (Wildman–Crippen MR) is 86.9 cm³/mol. The van der Waals surface area contributed by atoms with Gasteiger partial charge in [-0.2, -0.15) is 0 Å². The molecule has 6 heteroatoms. The number of rotatable bonds is 2. The summed E-state index contributed by atoms with van der Waals surface area (Å²) in [5.74, 6) is 0.407. The zero-order valence-electron chi connectivity index (χ0n) is 14.1. The Morgan fingerprint density at radius 3 is 2.13 bits per heavy atom. The normalized spacial score (nSPS) is 29.4. The van der Waals surface area contributed by atoms with E-state index in [9.17, 15) is 14.7 Å². The minimum absolute atomic E-state index is 0.0143. The number of aliphatic hydroxyl groups excluding tert-OH is 1. The molecule has 3 fully saturated rings. The summed E-state index contributed by atoms with van der Waals surface area (Å²) in [4.78, 5) is 30.7. The number of likely N-dealkylation sites (tertiary alicyclic amines) is 3. The van der Waals surface area contributed by atoms with Crippen LogP contribution in [0.3, 0.4) is 0 Å². The Kier molecular flexibility index (Phi) is 5.09. The maximum atomic E-state index is 12.6. The highest BCUT2D eigenvalue weighted by Gasteiger charge is 2.37. The third-order valence-corrected chi connectivity index (χ3v) is 5.73. The van der Waals surface area contributed by atoms with Crippen molar-refractivity contribution in [2.75, 3.05) is 39.3 Å². The summed E-state index contributed by atoms with van der Waals surface area (Å²) in [6.07, 6.45) is 4.26. The summed E-state index contributed by atoms with van der Waals surface area (Å²) in [5.41, 5.74) is 0. The predicted octanol–water partition coefficient (Wildman–Crippen LogP) is 1.14. The summed E-state index contributed by atoms with van der Waals surface area (Å²) in [6.45, 7) is 6.33. The Labute approximate surface area is 138 Å². The molecule has 0 aliphatic carbocycles. The van der Waals surface area contributed by atoms with Crippen molar-refractivity contribution in [2.24, 2.45) is 11.8 Å². The maximum absolute atomic E-state index is 12.6. The van der Waals surface area contributed by atoms with Crippen LogP contribution in [0.25, 0.3) is 0 Å². The topological polar surface area (TPSA) is 64.1 Å². The molecular formula is C17H29N3O3. The van der Waals surface area contributed by atoms with Gasteiger partial charge in [0.05, 0.1) is 6.10 Å². The number of urea groups is 1. The molecule has 0 spiro atoms. The molecule has 0 saturated carbocycles. The number of aliphatic hydroxyl groups is 1. The zero-order valence-corrected chi connectivity index (χ0v) is 14.1. The van der Waals surface area contributed by atoms with Crippen molar-refractivity contribution in [3.8, 4) is 0 Å². The summed E-state index contributed by atoms with van der Waals surface area (Å²) >= 11 is 0. The molecule has 3 rings (SSSR count). The van der Waals surface area contributed by atoms with E-state index in [4.69, 9.17) is 0 Å². The number of nitrogens with zero attached hydrogens (tertiary/aromatic N) is 3. The first-order valence-corrected chi connectivity index (χ1v) is 9.10. The van der Waals surface area contributed by atoms with Gasteiger partial charge in [-0.15, -0.1) is 0 Å². The van der Waals surface area contributed by atoms with E-state index in [0.717, 1.165) is 45.2 Å². The highest BCUT2D eigenvalue weighted by Crippen LogP contribution is 2.26. The Hall–Kier alpha value is -1.30. The molecule has 3 heterocycles. The Balaban J connectivity index is 1.49. The van der Waals surface area contributed by atoms with Gasteiger partial charge >= 0.3 is 6.03 Å². The number of carbonyl (C=O) groups is 2. The second-order valence-electron chi connectivity index (χ2n) is 7.22. The molecule has 3 saturated heterocycles. The van der Waals surface area contributed by atoms with Crippen LogP contribution in [0.5, 0.6) is 0 Å². The molecular weight excluding hydrogens is 294 g/mol. The number of β-amino-alcohol motifs (C(OH)–C–C–N with tert-alkyl or cyclic N) is 1. The fourth-order valence-electron chi connectivity index (χ4n) is 4.12. The summed E-state index contributed by atoms with van der Waals surface area (Å²) in [6, 6.07) is 0.149. The molecule has 3 aliphatic heterocycles. The molecule has 130 valence electrons. The van der Waals surface area contributed by atoms with Crippen LogP contribution < -0.4 is 0 Å². The first kappa shape index (κ1) is 16.6. The van der Waals surface area contributed by atoms with Crippen LogP contribution >= 0.6 is 0 Å². The molecule has 0 aromatic carbocycles. The lowest BCUT2D eigenvalue weighted by molar-refractivity contribution is -0.136. The lowest BCUT2D eigenvalue weighted by atomic mass is 9.95. The zero-order chi connectivity index (χ0) is 16.4. The molecule has 6 nitrogen and oxygen atoms in total. The van der Waals surface area contributed by atoms with Crippen molar-refractivity contribution in [1.29, 1.82) is 0 Å². The standard InChI is InChI=1S/C17H29N3O3/c1-2-13-11-20(12-15(13)21)16(22)14-5-9-19(10-6-14)17(23)18-7-3-4-8-18/h13-15,21H,2-12H2,1H3/t13-,15+/m0/s1. The van der Waals surface area contributed by atoms with E-state index >= 15 is 0 Å². The first-order valence-electron chi connectivity index (χ1n) is 9.10. The second-order valence-corrected chi connectivity index (χ2v) is 7.22. The van der Waals surface area contributed by atoms with Gasteiger partial charge in [0.25, 0.3) is 0 Å². The number of piperidine rings is 1. The number of amides is 3. The van der Waals surface area contributed by atoms with Gasteiger partial charge in [-0.05, 0) is 32.1 Å². The molecule has 2 atom stereocenters. The van der Waals surface area contributed by atoms with E-state index in [1.165, 1.54) is 0 Å². The number of hydrogen-bond acceptors (Lipinski definition) is 3. The molecule has 23 heavy (non-hydrogen) atoms. The van der Waals surface area contributed by atoms with E-state index in [1.54, 1.807) is 0 Å². The monoisotopic (exact) mass is 323 g/mol. The average molecular weight is 323 g/mol. The molecule has 3 aliphatic rings. The van der Waals surface area contributed by atoms with Crippen molar-refractivity contribution < 1.29 is 14.7 Å².